The normalized spacial score (nSPS) is 20.9. The minimum Gasteiger partial charge on any atom is -0.441 e. The van der Waals surface area contributed by atoms with Gasteiger partial charge in [0.2, 0.25) is 0 Å². The molecule has 4 rings (SSSR count). The zero-order valence-electron chi connectivity index (χ0n) is 13.8. The smallest absolute Gasteiger partial charge is 0.410 e. The molecule has 4 heterocycles. The number of carbonyl (C=O) groups is 1. The number of aryl methyl sites for hydroxylation is 1. The second-order valence-electron chi connectivity index (χ2n) is 6.71. The van der Waals surface area contributed by atoms with Crippen LogP contribution < -0.4 is 5.56 Å². The third kappa shape index (κ3) is 2.54. The second kappa shape index (κ2) is 5.30. The van der Waals surface area contributed by atoms with Gasteiger partial charge in [0.15, 0.2) is 0 Å². The van der Waals surface area contributed by atoms with E-state index < -0.39 is 0 Å². The average Bonchev–Trinajstić information content (AvgIpc) is 3.02. The Morgan fingerprint density at radius 3 is 2.71 bits per heavy atom. The van der Waals surface area contributed by atoms with E-state index in [0.29, 0.717) is 30.4 Å². The molecule has 0 atom stereocenters. The summed E-state index contributed by atoms with van der Waals surface area (Å²) in [4.78, 5) is 36.2. The van der Waals surface area contributed by atoms with Crippen LogP contribution in [0.25, 0.3) is 5.78 Å². The summed E-state index contributed by atoms with van der Waals surface area (Å²) < 4.78 is 6.90. The molecular weight excluding hydrogens is 312 g/mol. The molecule has 0 saturated carbocycles. The molecule has 1 amide bonds. The lowest BCUT2D eigenvalue weighted by molar-refractivity contribution is -0.00146. The summed E-state index contributed by atoms with van der Waals surface area (Å²) in [5.41, 5.74) is 0.205. The molecule has 1 N–H and O–H groups in total. The van der Waals surface area contributed by atoms with Crippen molar-refractivity contribution < 1.29 is 9.53 Å². The molecule has 2 saturated heterocycles. The van der Waals surface area contributed by atoms with Crippen LogP contribution in [0.1, 0.15) is 24.4 Å². The van der Waals surface area contributed by atoms with E-state index in [4.69, 9.17) is 4.74 Å². The lowest BCUT2D eigenvalue weighted by Crippen LogP contribution is -2.46. The van der Waals surface area contributed by atoms with Crippen LogP contribution >= 0.6 is 0 Å². The number of hydrogen-bond donors (Lipinski definition) is 1. The predicted molar refractivity (Wildman–Crippen MR) is 84.7 cm³/mol. The number of nitrogens with zero attached hydrogens (tertiary/aromatic N) is 5. The van der Waals surface area contributed by atoms with Crippen LogP contribution in [-0.4, -0.2) is 67.8 Å². The van der Waals surface area contributed by atoms with E-state index in [9.17, 15) is 9.59 Å². The molecular formula is C15H20N6O3. The number of H-pyrrole nitrogens is 1. The number of rotatable bonds is 2. The fourth-order valence-corrected chi connectivity index (χ4v) is 3.51. The minimum atomic E-state index is -0.349. The molecule has 24 heavy (non-hydrogen) atoms. The minimum absolute atomic E-state index is 0.157. The number of carbonyl (C=O) groups excluding carboxylic acids is 1. The molecule has 2 aliphatic heterocycles. The predicted octanol–water partition coefficient (Wildman–Crippen LogP) is 0.143. The summed E-state index contributed by atoms with van der Waals surface area (Å²) in [7, 11) is 1.77. The van der Waals surface area contributed by atoms with Crippen molar-refractivity contribution in [3.05, 3.63) is 27.9 Å². The van der Waals surface area contributed by atoms with Gasteiger partial charge in [-0.15, -0.1) is 0 Å². The molecule has 2 aromatic heterocycles. The molecule has 2 aliphatic rings. The van der Waals surface area contributed by atoms with Gasteiger partial charge in [-0.1, -0.05) is 0 Å². The molecule has 0 radical (unpaired) electrons. The highest BCUT2D eigenvalue weighted by molar-refractivity contribution is 5.70. The first kappa shape index (κ1) is 15.1. The van der Waals surface area contributed by atoms with Gasteiger partial charge in [0.25, 0.3) is 11.3 Å². The van der Waals surface area contributed by atoms with Crippen LogP contribution in [0.5, 0.6) is 0 Å². The van der Waals surface area contributed by atoms with E-state index in [1.807, 2.05) is 0 Å². The molecule has 0 unspecified atom stereocenters. The molecule has 0 bridgehead atoms. The molecule has 2 aromatic rings. The molecule has 128 valence electrons. The molecule has 9 nitrogen and oxygen atoms in total. The van der Waals surface area contributed by atoms with E-state index in [1.54, 1.807) is 24.9 Å². The van der Waals surface area contributed by atoms with E-state index in [2.05, 4.69) is 20.0 Å². The van der Waals surface area contributed by atoms with E-state index in [0.717, 1.165) is 25.9 Å². The van der Waals surface area contributed by atoms with Crippen molar-refractivity contribution in [3.8, 4) is 0 Å². The molecule has 2 fully saturated rings. The third-order valence-electron chi connectivity index (χ3n) is 4.79. The Balaban J connectivity index is 1.46. The summed E-state index contributed by atoms with van der Waals surface area (Å²) >= 11 is 0. The van der Waals surface area contributed by atoms with Gasteiger partial charge in [-0.25, -0.2) is 9.78 Å². The van der Waals surface area contributed by atoms with Crippen molar-refractivity contribution in [2.24, 2.45) is 0 Å². The molecule has 0 aromatic carbocycles. The average molecular weight is 332 g/mol. The van der Waals surface area contributed by atoms with E-state index >= 15 is 0 Å². The maximum absolute atomic E-state index is 12.1. The highest BCUT2D eigenvalue weighted by Gasteiger charge is 2.45. The first-order valence-corrected chi connectivity index (χ1v) is 8.06. The maximum Gasteiger partial charge on any atom is 0.410 e. The Morgan fingerprint density at radius 2 is 2.04 bits per heavy atom. The van der Waals surface area contributed by atoms with Gasteiger partial charge in [-0.3, -0.25) is 14.8 Å². The first-order valence-electron chi connectivity index (χ1n) is 8.06. The van der Waals surface area contributed by atoms with Crippen LogP contribution in [0.4, 0.5) is 4.79 Å². The van der Waals surface area contributed by atoms with Gasteiger partial charge in [0.1, 0.15) is 11.4 Å². The maximum atomic E-state index is 12.1. The third-order valence-corrected chi connectivity index (χ3v) is 4.79. The van der Waals surface area contributed by atoms with Crippen LogP contribution in [0.15, 0.2) is 10.9 Å². The topological polar surface area (TPSA) is 95.8 Å². The fraction of sp³-hybridized carbons (Fsp3) is 0.600. The zero-order chi connectivity index (χ0) is 16.9. The first-order chi connectivity index (χ1) is 11.4. The Hall–Kier alpha value is -2.42. The SMILES string of the molecule is Cc1nc2nc(CN3CCC4(CC3)CN(C)C(=O)O4)cc(=O)n2[nH]1. The number of likely N-dealkylation sites (tertiary alicyclic amines) is 1. The van der Waals surface area contributed by atoms with Gasteiger partial charge in [0.05, 0.1) is 12.2 Å². The van der Waals surface area contributed by atoms with Crippen LogP contribution in [0.3, 0.4) is 0 Å². The van der Waals surface area contributed by atoms with Gasteiger partial charge >= 0.3 is 6.09 Å². The molecule has 0 aliphatic carbocycles. The highest BCUT2D eigenvalue weighted by atomic mass is 16.6. The lowest BCUT2D eigenvalue weighted by Gasteiger charge is -2.37. The molecule has 1 spiro atoms. The van der Waals surface area contributed by atoms with Crippen molar-refractivity contribution in [2.75, 3.05) is 26.7 Å². The number of fused-ring (bicyclic) bond motifs is 1. The van der Waals surface area contributed by atoms with Crippen molar-refractivity contribution in [1.82, 2.24) is 29.4 Å². The monoisotopic (exact) mass is 332 g/mol. The van der Waals surface area contributed by atoms with Gasteiger partial charge in [-0.2, -0.15) is 9.50 Å². The number of nitrogens with one attached hydrogen (secondary N) is 1. The Labute approximate surface area is 138 Å². The zero-order valence-corrected chi connectivity index (χ0v) is 13.8. The Morgan fingerprint density at radius 1 is 1.29 bits per heavy atom. The summed E-state index contributed by atoms with van der Waals surface area (Å²) in [5.74, 6) is 1.05. The van der Waals surface area contributed by atoms with Crippen LogP contribution in [0.2, 0.25) is 0 Å². The number of likely N-dealkylation sites (N-methyl/N-ethyl adjacent to an activating group) is 1. The fourth-order valence-electron chi connectivity index (χ4n) is 3.51. The number of piperidine rings is 1. The van der Waals surface area contributed by atoms with Crippen molar-refractivity contribution in [3.63, 3.8) is 0 Å². The summed E-state index contributed by atoms with van der Waals surface area (Å²) in [5, 5.41) is 2.86. The second-order valence-corrected chi connectivity index (χ2v) is 6.71. The van der Waals surface area contributed by atoms with Crippen molar-refractivity contribution >= 4 is 11.9 Å². The summed E-state index contributed by atoms with van der Waals surface area (Å²) in [6.45, 7) is 4.65. The number of hydrogen-bond acceptors (Lipinski definition) is 6. The van der Waals surface area contributed by atoms with Crippen LogP contribution in [0, 0.1) is 6.92 Å². The number of ether oxygens (including phenoxy) is 1. The summed E-state index contributed by atoms with van der Waals surface area (Å²) in [6.07, 6.45) is 1.36. The van der Waals surface area contributed by atoms with E-state index in [1.165, 1.54) is 4.52 Å². The van der Waals surface area contributed by atoms with E-state index in [-0.39, 0.29) is 17.3 Å². The standard InChI is InChI=1S/C15H20N6O3/c1-10-16-13-17-11(7-12(22)21(13)18-10)8-20-5-3-15(4-6-20)9-19(2)14(23)24-15/h7H,3-6,8-9H2,1-2H3,(H,16,17,18). The number of aromatic amines is 1. The van der Waals surface area contributed by atoms with Crippen LogP contribution in [-0.2, 0) is 11.3 Å². The Bertz CT molecular complexity index is 849. The van der Waals surface area contributed by atoms with Gasteiger partial charge in [0, 0.05) is 45.6 Å². The summed E-state index contributed by atoms with van der Waals surface area (Å²) in [6, 6.07) is 1.54. The Kier molecular flexibility index (Phi) is 3.34. The lowest BCUT2D eigenvalue weighted by atomic mass is 9.91. The number of aromatic nitrogens is 4. The number of amides is 1. The quantitative estimate of drug-likeness (QED) is 0.840. The molecule has 9 heteroatoms. The largest absolute Gasteiger partial charge is 0.441 e. The highest BCUT2D eigenvalue weighted by Crippen LogP contribution is 2.32. The van der Waals surface area contributed by atoms with Gasteiger partial charge < -0.3 is 9.64 Å². The van der Waals surface area contributed by atoms with Crippen molar-refractivity contribution in [2.45, 2.75) is 31.9 Å². The van der Waals surface area contributed by atoms with Crippen molar-refractivity contribution in [1.29, 1.82) is 0 Å². The van der Waals surface area contributed by atoms with Gasteiger partial charge in [-0.05, 0) is 6.92 Å².